The Bertz CT molecular complexity index is 1010. The normalized spacial score (nSPS) is 16.7. The first-order valence-corrected chi connectivity index (χ1v) is 8.84. The van der Waals surface area contributed by atoms with Crippen molar-refractivity contribution in [1.29, 1.82) is 0 Å². The minimum absolute atomic E-state index is 0.0141. The van der Waals surface area contributed by atoms with Gasteiger partial charge in [-0.15, -0.1) is 0 Å². The highest BCUT2D eigenvalue weighted by Gasteiger charge is 2.31. The fourth-order valence-electron chi connectivity index (χ4n) is 3.52. The summed E-state index contributed by atoms with van der Waals surface area (Å²) in [5.41, 5.74) is 1.37. The van der Waals surface area contributed by atoms with Crippen LogP contribution in [0.4, 0.5) is 0 Å². The molecule has 1 fully saturated rings. The zero-order chi connectivity index (χ0) is 18.8. The zero-order valence-electron chi connectivity index (χ0n) is 14.7. The van der Waals surface area contributed by atoms with Crippen LogP contribution in [0, 0.1) is 5.21 Å². The van der Waals surface area contributed by atoms with Crippen molar-refractivity contribution in [1.82, 2.24) is 10.2 Å². The molecule has 0 radical (unpaired) electrons. The number of likely N-dealkylation sites (tertiary alicyclic amines) is 1. The van der Waals surface area contributed by atoms with E-state index in [1.54, 1.807) is 11.0 Å². The van der Waals surface area contributed by atoms with Gasteiger partial charge in [-0.1, -0.05) is 42.5 Å². The van der Waals surface area contributed by atoms with E-state index in [0.29, 0.717) is 17.8 Å². The molecule has 27 heavy (non-hydrogen) atoms. The molecule has 2 heterocycles. The first kappa shape index (κ1) is 17.0. The Morgan fingerprint density at radius 3 is 2.81 bits per heavy atom. The third-order valence-electron chi connectivity index (χ3n) is 4.83. The molecule has 136 valence electrons. The first-order chi connectivity index (χ1) is 13.1. The van der Waals surface area contributed by atoms with E-state index in [2.05, 4.69) is 23.5 Å². The Kier molecular flexibility index (Phi) is 4.46. The van der Waals surface area contributed by atoms with Crippen LogP contribution in [-0.2, 0) is 11.3 Å². The monoisotopic (exact) mass is 361 g/mol. The molecule has 1 aliphatic rings. The van der Waals surface area contributed by atoms with E-state index in [1.165, 1.54) is 18.5 Å². The summed E-state index contributed by atoms with van der Waals surface area (Å²) in [5.74, 6) is -0.329. The number of amides is 2. The Balaban J connectivity index is 1.45. The third-order valence-corrected chi connectivity index (χ3v) is 4.83. The average Bonchev–Trinajstić information content (AvgIpc) is 3.01. The summed E-state index contributed by atoms with van der Waals surface area (Å²) in [7, 11) is 0. The van der Waals surface area contributed by atoms with Crippen LogP contribution < -0.4 is 10.0 Å². The maximum atomic E-state index is 12.4. The van der Waals surface area contributed by atoms with Crippen molar-refractivity contribution in [2.75, 3.05) is 6.54 Å². The van der Waals surface area contributed by atoms with Crippen LogP contribution in [0.15, 0.2) is 67.0 Å². The molecule has 6 heteroatoms. The molecule has 1 N–H and O–H groups in total. The molecular formula is C21H19N3O3. The molecule has 4 rings (SSSR count). The topological polar surface area (TPSA) is 76.4 Å². The predicted octanol–water partition coefficient (Wildman–Crippen LogP) is 2.00. The molecule has 1 unspecified atom stereocenters. The summed E-state index contributed by atoms with van der Waals surface area (Å²) in [6, 6.07) is 17.0. The Labute approximate surface area is 156 Å². The number of carbonyl (C=O) groups excluding carboxylic acids is 2. The number of carbonyl (C=O) groups is 2. The molecule has 3 aromatic rings. The number of pyridine rings is 1. The summed E-state index contributed by atoms with van der Waals surface area (Å²) in [6.07, 6.45) is 2.81. The fraction of sp³-hybridized carbons (Fsp3) is 0.190. The summed E-state index contributed by atoms with van der Waals surface area (Å²) >= 11 is 0. The Hall–Kier alpha value is -3.41. The van der Waals surface area contributed by atoms with Gasteiger partial charge >= 0.3 is 0 Å². The molecule has 1 saturated heterocycles. The second-order valence-electron chi connectivity index (χ2n) is 6.74. The predicted molar refractivity (Wildman–Crippen MR) is 101 cm³/mol. The van der Waals surface area contributed by atoms with Crippen molar-refractivity contribution in [3.63, 3.8) is 0 Å². The van der Waals surface area contributed by atoms with Crippen molar-refractivity contribution in [2.24, 2.45) is 0 Å². The van der Waals surface area contributed by atoms with Crippen molar-refractivity contribution in [3.8, 4) is 0 Å². The van der Waals surface area contributed by atoms with Crippen LogP contribution >= 0.6 is 0 Å². The molecule has 6 nitrogen and oxygen atoms in total. The number of aromatic nitrogens is 1. The number of fused-ring (bicyclic) bond motifs is 1. The van der Waals surface area contributed by atoms with E-state index in [4.69, 9.17) is 0 Å². The van der Waals surface area contributed by atoms with Gasteiger partial charge in [-0.3, -0.25) is 9.59 Å². The highest BCUT2D eigenvalue weighted by atomic mass is 16.5. The van der Waals surface area contributed by atoms with Crippen LogP contribution in [0.5, 0.6) is 0 Å². The summed E-state index contributed by atoms with van der Waals surface area (Å²) < 4.78 is 0.585. The second kappa shape index (κ2) is 7.07. The first-order valence-electron chi connectivity index (χ1n) is 8.84. The molecule has 1 aromatic heterocycles. The van der Waals surface area contributed by atoms with Gasteiger partial charge in [0.2, 0.25) is 5.91 Å². The highest BCUT2D eigenvalue weighted by Crippen LogP contribution is 2.22. The fourth-order valence-corrected chi connectivity index (χ4v) is 3.52. The minimum atomic E-state index is -0.343. The summed E-state index contributed by atoms with van der Waals surface area (Å²) in [5, 5.41) is 16.4. The van der Waals surface area contributed by atoms with E-state index < -0.39 is 0 Å². The SMILES string of the molecule is O=C(NC1CC(=O)N(Cc2cccc3ccccc23)C1)c1ccc[n+]([O-])c1. The minimum Gasteiger partial charge on any atom is -0.619 e. The van der Waals surface area contributed by atoms with Gasteiger partial charge in [0, 0.05) is 25.6 Å². The Morgan fingerprint density at radius 2 is 1.96 bits per heavy atom. The zero-order valence-corrected chi connectivity index (χ0v) is 14.7. The van der Waals surface area contributed by atoms with Gasteiger partial charge in [0.25, 0.3) is 5.91 Å². The van der Waals surface area contributed by atoms with Gasteiger partial charge in [-0.25, -0.2) is 0 Å². The van der Waals surface area contributed by atoms with Gasteiger partial charge in [0.15, 0.2) is 12.4 Å². The van der Waals surface area contributed by atoms with Crippen molar-refractivity contribution < 1.29 is 14.3 Å². The van der Waals surface area contributed by atoms with Crippen LogP contribution in [-0.4, -0.2) is 29.3 Å². The van der Waals surface area contributed by atoms with E-state index in [9.17, 15) is 14.8 Å². The second-order valence-corrected chi connectivity index (χ2v) is 6.74. The van der Waals surface area contributed by atoms with Crippen LogP contribution in [0.3, 0.4) is 0 Å². The van der Waals surface area contributed by atoms with E-state index >= 15 is 0 Å². The van der Waals surface area contributed by atoms with Crippen molar-refractivity contribution in [3.05, 3.63) is 83.3 Å². The van der Waals surface area contributed by atoms with E-state index in [-0.39, 0.29) is 29.8 Å². The number of benzene rings is 2. The summed E-state index contributed by atoms with van der Waals surface area (Å²) in [4.78, 5) is 26.5. The lowest BCUT2D eigenvalue weighted by molar-refractivity contribution is -0.605. The molecule has 0 aliphatic carbocycles. The lowest BCUT2D eigenvalue weighted by Crippen LogP contribution is -2.38. The standard InChI is InChI=1S/C21H19N3O3/c25-20-11-18(22-21(26)17-8-4-10-24(27)13-17)14-23(20)12-16-7-3-6-15-5-1-2-9-19(15)16/h1-10,13,18H,11-12,14H2,(H,22,26). The van der Waals surface area contributed by atoms with E-state index in [0.717, 1.165) is 16.3 Å². The number of nitrogens with zero attached hydrogens (tertiary/aromatic N) is 2. The lowest BCUT2D eigenvalue weighted by Gasteiger charge is -2.18. The van der Waals surface area contributed by atoms with Crippen LogP contribution in [0.2, 0.25) is 0 Å². The van der Waals surface area contributed by atoms with Gasteiger partial charge in [0.05, 0.1) is 6.04 Å². The maximum absolute atomic E-state index is 12.4. The van der Waals surface area contributed by atoms with E-state index in [1.807, 2.05) is 24.3 Å². The molecule has 0 bridgehead atoms. The van der Waals surface area contributed by atoms with Crippen molar-refractivity contribution >= 4 is 22.6 Å². The molecule has 1 aliphatic heterocycles. The smallest absolute Gasteiger partial charge is 0.257 e. The van der Waals surface area contributed by atoms with Crippen molar-refractivity contribution in [2.45, 2.75) is 19.0 Å². The quantitative estimate of drug-likeness (QED) is 0.570. The van der Waals surface area contributed by atoms with Gasteiger partial charge in [-0.2, -0.15) is 4.73 Å². The molecule has 0 saturated carbocycles. The Morgan fingerprint density at radius 1 is 1.15 bits per heavy atom. The number of hydrogen-bond donors (Lipinski definition) is 1. The van der Waals surface area contributed by atoms with Crippen LogP contribution in [0.1, 0.15) is 22.3 Å². The number of nitrogens with one attached hydrogen (secondary N) is 1. The summed E-state index contributed by atoms with van der Waals surface area (Å²) in [6.45, 7) is 0.969. The number of hydrogen-bond acceptors (Lipinski definition) is 3. The molecule has 2 amide bonds. The maximum Gasteiger partial charge on any atom is 0.257 e. The molecule has 2 aromatic carbocycles. The van der Waals surface area contributed by atoms with Gasteiger partial charge in [0.1, 0.15) is 5.56 Å². The highest BCUT2D eigenvalue weighted by molar-refractivity contribution is 5.94. The largest absolute Gasteiger partial charge is 0.619 e. The molecule has 1 atom stereocenters. The lowest BCUT2D eigenvalue weighted by atomic mass is 10.0. The third kappa shape index (κ3) is 3.60. The van der Waals surface area contributed by atoms with Gasteiger partial charge in [-0.05, 0) is 22.4 Å². The van der Waals surface area contributed by atoms with Gasteiger partial charge < -0.3 is 15.4 Å². The average molecular weight is 361 g/mol. The number of rotatable bonds is 4. The van der Waals surface area contributed by atoms with Crippen LogP contribution in [0.25, 0.3) is 10.8 Å². The molecular weight excluding hydrogens is 342 g/mol. The molecule has 0 spiro atoms.